The highest BCUT2D eigenvalue weighted by atomic mass is 16.7. The molecule has 0 aromatic heterocycles. The molecule has 2 aliphatic heterocycles. The van der Waals surface area contributed by atoms with Crippen LogP contribution in [0.4, 0.5) is 15.3 Å². The minimum absolute atomic E-state index is 0.0509. The van der Waals surface area contributed by atoms with Crippen molar-refractivity contribution in [3.63, 3.8) is 0 Å². The van der Waals surface area contributed by atoms with Crippen molar-refractivity contribution in [2.75, 3.05) is 11.9 Å². The number of nitrogens with one attached hydrogen (secondary N) is 2. The van der Waals surface area contributed by atoms with Crippen LogP contribution in [0.2, 0.25) is 0 Å². The van der Waals surface area contributed by atoms with Gasteiger partial charge in [-0.2, -0.15) is 5.06 Å². The zero-order valence-electron chi connectivity index (χ0n) is 20.3. The first-order valence-corrected chi connectivity index (χ1v) is 11.8. The second-order valence-electron chi connectivity index (χ2n) is 9.90. The molecule has 0 spiro atoms. The Hall–Kier alpha value is -3.59. The fourth-order valence-corrected chi connectivity index (χ4v) is 4.19. The van der Waals surface area contributed by atoms with Crippen molar-refractivity contribution in [1.82, 2.24) is 15.3 Å². The molecule has 4 rings (SSSR count). The van der Waals surface area contributed by atoms with Gasteiger partial charge in [0.1, 0.15) is 19.3 Å². The van der Waals surface area contributed by atoms with E-state index in [2.05, 4.69) is 10.6 Å². The number of rotatable bonds is 7. The number of benzene rings is 2. The minimum Gasteiger partial charge on any atom is -0.445 e. The SMILES string of the molecule is CC(C)(C)NC(=O)OCc1ccc(NC(=O)[C@@H]2CC[C@@H]3CN2C(=O)N3OCc2ccccc2)cc1. The number of hydroxylamine groups is 2. The summed E-state index contributed by atoms with van der Waals surface area (Å²) in [5.74, 6) is -0.227. The fraction of sp³-hybridized carbons (Fsp3) is 0.423. The van der Waals surface area contributed by atoms with Gasteiger partial charge in [0.15, 0.2) is 0 Å². The van der Waals surface area contributed by atoms with Gasteiger partial charge in [-0.1, -0.05) is 42.5 Å². The smallest absolute Gasteiger partial charge is 0.407 e. The third kappa shape index (κ3) is 6.30. The van der Waals surface area contributed by atoms with E-state index in [0.29, 0.717) is 31.7 Å². The molecule has 4 amide bonds. The topological polar surface area (TPSA) is 100 Å². The van der Waals surface area contributed by atoms with Crippen LogP contribution in [0.25, 0.3) is 0 Å². The molecular weight excluding hydrogens is 448 g/mol. The van der Waals surface area contributed by atoms with Crippen molar-refractivity contribution < 1.29 is 24.0 Å². The van der Waals surface area contributed by atoms with Gasteiger partial charge in [-0.05, 0) is 56.9 Å². The van der Waals surface area contributed by atoms with E-state index in [-0.39, 0.29) is 30.1 Å². The van der Waals surface area contributed by atoms with Crippen molar-refractivity contribution in [3.8, 4) is 0 Å². The first-order chi connectivity index (χ1) is 16.7. The zero-order valence-corrected chi connectivity index (χ0v) is 20.3. The van der Waals surface area contributed by atoms with Crippen molar-refractivity contribution >= 4 is 23.7 Å². The van der Waals surface area contributed by atoms with Crippen LogP contribution in [-0.4, -0.2) is 52.2 Å². The summed E-state index contributed by atoms with van der Waals surface area (Å²) < 4.78 is 5.23. The highest BCUT2D eigenvalue weighted by molar-refractivity contribution is 5.97. The van der Waals surface area contributed by atoms with Gasteiger partial charge in [0.25, 0.3) is 0 Å². The van der Waals surface area contributed by atoms with E-state index in [1.54, 1.807) is 29.2 Å². The molecule has 2 saturated heterocycles. The van der Waals surface area contributed by atoms with Gasteiger partial charge in [0.2, 0.25) is 5.91 Å². The summed E-state index contributed by atoms with van der Waals surface area (Å²) in [6.45, 7) is 6.54. The second-order valence-corrected chi connectivity index (χ2v) is 9.90. The van der Waals surface area contributed by atoms with Crippen LogP contribution in [0.5, 0.6) is 0 Å². The van der Waals surface area contributed by atoms with E-state index >= 15 is 0 Å². The predicted octanol–water partition coefficient (Wildman–Crippen LogP) is 4.05. The molecule has 9 nitrogen and oxygen atoms in total. The quantitative estimate of drug-likeness (QED) is 0.623. The number of nitrogens with zero attached hydrogens (tertiary/aromatic N) is 2. The number of alkyl carbamates (subject to hydrolysis) is 1. The van der Waals surface area contributed by atoms with Crippen LogP contribution in [-0.2, 0) is 27.6 Å². The van der Waals surface area contributed by atoms with Gasteiger partial charge in [0, 0.05) is 17.8 Å². The van der Waals surface area contributed by atoms with Crippen LogP contribution in [0, 0.1) is 0 Å². The molecule has 2 aromatic carbocycles. The van der Waals surface area contributed by atoms with Gasteiger partial charge in [0.05, 0.1) is 6.04 Å². The van der Waals surface area contributed by atoms with E-state index in [0.717, 1.165) is 11.1 Å². The lowest BCUT2D eigenvalue weighted by molar-refractivity contribution is -0.140. The third-order valence-corrected chi connectivity index (χ3v) is 5.91. The standard InChI is InChI=1S/C26H32N4O5/c1-26(2,3)28-24(32)34-16-19-9-11-20(12-10-19)27-23(31)22-14-13-21-15-29(22)25(33)30(21)35-17-18-7-5-4-6-8-18/h4-12,21-22H,13-17H2,1-3H3,(H,27,31)(H,28,32)/t21-,22+/m1/s1. The Balaban J connectivity index is 1.28. The van der Waals surface area contributed by atoms with E-state index in [4.69, 9.17) is 9.57 Å². The van der Waals surface area contributed by atoms with E-state index < -0.39 is 12.1 Å². The van der Waals surface area contributed by atoms with Gasteiger partial charge >= 0.3 is 12.1 Å². The van der Waals surface area contributed by atoms with Crippen molar-refractivity contribution in [2.24, 2.45) is 0 Å². The number of piperidine rings is 1. The molecule has 2 aliphatic rings. The maximum atomic E-state index is 13.0. The van der Waals surface area contributed by atoms with Crippen LogP contribution < -0.4 is 10.6 Å². The summed E-state index contributed by atoms with van der Waals surface area (Å²) in [4.78, 5) is 45.1. The van der Waals surface area contributed by atoms with E-state index in [1.165, 1.54) is 5.06 Å². The molecule has 0 saturated carbocycles. The highest BCUT2D eigenvalue weighted by Crippen LogP contribution is 2.31. The number of urea groups is 1. The number of hydrogen-bond donors (Lipinski definition) is 2. The van der Waals surface area contributed by atoms with Crippen LogP contribution in [0.1, 0.15) is 44.7 Å². The maximum Gasteiger partial charge on any atom is 0.407 e. The summed E-state index contributed by atoms with van der Waals surface area (Å²) >= 11 is 0. The Morgan fingerprint density at radius 2 is 1.66 bits per heavy atom. The van der Waals surface area contributed by atoms with Gasteiger partial charge in [-0.3, -0.25) is 9.63 Å². The molecule has 186 valence electrons. The van der Waals surface area contributed by atoms with Crippen LogP contribution in [0.3, 0.4) is 0 Å². The van der Waals surface area contributed by atoms with Gasteiger partial charge in [-0.15, -0.1) is 0 Å². The van der Waals surface area contributed by atoms with Crippen LogP contribution >= 0.6 is 0 Å². The zero-order chi connectivity index (χ0) is 25.0. The Labute approximate surface area is 205 Å². The largest absolute Gasteiger partial charge is 0.445 e. The Morgan fingerprint density at radius 3 is 2.34 bits per heavy atom. The first-order valence-electron chi connectivity index (χ1n) is 11.8. The van der Waals surface area contributed by atoms with Crippen molar-refractivity contribution in [3.05, 3.63) is 65.7 Å². The van der Waals surface area contributed by atoms with Crippen molar-refractivity contribution in [1.29, 1.82) is 0 Å². The van der Waals surface area contributed by atoms with Gasteiger partial charge < -0.3 is 20.3 Å². The molecule has 0 aliphatic carbocycles. The number of amides is 4. The Morgan fingerprint density at radius 1 is 0.971 bits per heavy atom. The molecule has 2 N–H and O–H groups in total. The molecule has 35 heavy (non-hydrogen) atoms. The number of carbonyl (C=O) groups is 3. The van der Waals surface area contributed by atoms with E-state index in [1.807, 2.05) is 51.1 Å². The Kier molecular flexibility index (Phi) is 7.25. The molecule has 9 heteroatoms. The lowest BCUT2D eigenvalue weighted by atomic mass is 10.00. The number of fused-ring (bicyclic) bond motifs is 2. The number of ether oxygens (including phenoxy) is 1. The number of anilines is 1. The summed E-state index contributed by atoms with van der Waals surface area (Å²) in [5.41, 5.74) is 2.03. The normalized spacial score (nSPS) is 19.5. The van der Waals surface area contributed by atoms with Crippen molar-refractivity contribution in [2.45, 2.75) is 64.4 Å². The molecular formula is C26H32N4O5. The average molecular weight is 481 g/mol. The summed E-state index contributed by atoms with van der Waals surface area (Å²) in [6.07, 6.45) is 0.784. The Bertz CT molecular complexity index is 1050. The predicted molar refractivity (Wildman–Crippen MR) is 130 cm³/mol. The number of carbonyl (C=O) groups excluding carboxylic acids is 3. The van der Waals surface area contributed by atoms with E-state index in [9.17, 15) is 14.4 Å². The molecule has 2 aromatic rings. The average Bonchev–Trinajstić information content (AvgIpc) is 3.06. The first kappa shape index (κ1) is 24.5. The van der Waals surface area contributed by atoms with Gasteiger partial charge in [-0.25, -0.2) is 9.59 Å². The molecule has 2 atom stereocenters. The highest BCUT2D eigenvalue weighted by Gasteiger charge is 2.47. The monoisotopic (exact) mass is 480 g/mol. The molecule has 2 bridgehead atoms. The lowest BCUT2D eigenvalue weighted by Crippen LogP contribution is -2.47. The molecule has 2 heterocycles. The molecule has 0 radical (unpaired) electrons. The maximum absolute atomic E-state index is 13.0. The number of hydrogen-bond acceptors (Lipinski definition) is 5. The minimum atomic E-state index is -0.548. The summed E-state index contributed by atoms with van der Waals surface area (Å²) in [6, 6.07) is 15.9. The third-order valence-electron chi connectivity index (χ3n) is 5.91. The molecule has 0 unspecified atom stereocenters. The fourth-order valence-electron chi connectivity index (χ4n) is 4.19. The molecule has 2 fully saturated rings. The summed E-state index contributed by atoms with van der Waals surface area (Å²) in [5, 5.41) is 7.06. The lowest BCUT2D eigenvalue weighted by Gasteiger charge is -2.29. The second kappa shape index (κ2) is 10.4. The van der Waals surface area contributed by atoms with Crippen LogP contribution in [0.15, 0.2) is 54.6 Å². The summed E-state index contributed by atoms with van der Waals surface area (Å²) in [7, 11) is 0.